The number of rotatable bonds is 2. The Morgan fingerprint density at radius 3 is 2.57 bits per heavy atom. The second kappa shape index (κ2) is 5.35. The van der Waals surface area contributed by atoms with Crippen molar-refractivity contribution in [2.75, 3.05) is 23.3 Å². The third-order valence-corrected chi connectivity index (χ3v) is 4.01. The average Bonchev–Trinajstić information content (AvgIpc) is 2.45. The van der Waals surface area contributed by atoms with E-state index in [1.807, 2.05) is 0 Å². The van der Waals surface area contributed by atoms with Crippen LogP contribution in [0.5, 0.6) is 0 Å². The number of hydrogen-bond acceptors (Lipinski definition) is 2. The second-order valence-electron chi connectivity index (χ2n) is 5.55. The first-order chi connectivity index (χ1) is 10.0. The Bertz CT molecular complexity index is 683. The van der Waals surface area contributed by atoms with E-state index >= 15 is 0 Å². The van der Waals surface area contributed by atoms with E-state index in [-0.39, 0.29) is 0 Å². The average molecular weight is 288 g/mol. The lowest BCUT2D eigenvalue weighted by molar-refractivity contribution is 0.507. The zero-order valence-electron chi connectivity index (χ0n) is 12.2. The summed E-state index contributed by atoms with van der Waals surface area (Å²) in [6.07, 6.45) is 0. The van der Waals surface area contributed by atoms with Crippen molar-refractivity contribution in [2.45, 2.75) is 20.4 Å². The van der Waals surface area contributed by atoms with E-state index < -0.39 is 11.6 Å². The van der Waals surface area contributed by atoms with Crippen molar-refractivity contribution in [3.8, 4) is 0 Å². The molecule has 3 rings (SSSR count). The van der Waals surface area contributed by atoms with E-state index in [2.05, 4.69) is 36.2 Å². The van der Waals surface area contributed by atoms with Gasteiger partial charge in [0.25, 0.3) is 0 Å². The van der Waals surface area contributed by atoms with Gasteiger partial charge in [-0.3, -0.25) is 0 Å². The normalized spacial score (nSPS) is 13.8. The number of anilines is 2. The lowest BCUT2D eigenvalue weighted by Gasteiger charge is -2.33. The van der Waals surface area contributed by atoms with Crippen LogP contribution >= 0.6 is 0 Å². The van der Waals surface area contributed by atoms with E-state index in [0.29, 0.717) is 6.54 Å². The first-order valence-electron chi connectivity index (χ1n) is 7.08. The standard InChI is InChI=1S/C17H18F2N2/c1-11-7-16-17(8-12(11)2)21(6-5-20-16)10-13-3-4-14(18)15(19)9-13/h3-4,7-9,20H,5-6,10H2,1-2H3. The number of nitrogens with one attached hydrogen (secondary N) is 1. The van der Waals surface area contributed by atoms with Crippen LogP contribution in [0.2, 0.25) is 0 Å². The van der Waals surface area contributed by atoms with Crippen LogP contribution < -0.4 is 10.2 Å². The van der Waals surface area contributed by atoms with Gasteiger partial charge in [0.1, 0.15) is 0 Å². The van der Waals surface area contributed by atoms with E-state index in [4.69, 9.17) is 0 Å². The third-order valence-electron chi connectivity index (χ3n) is 4.01. The van der Waals surface area contributed by atoms with Crippen LogP contribution in [-0.4, -0.2) is 13.1 Å². The summed E-state index contributed by atoms with van der Waals surface area (Å²) < 4.78 is 26.4. The van der Waals surface area contributed by atoms with Crippen LogP contribution in [0.25, 0.3) is 0 Å². The summed E-state index contributed by atoms with van der Waals surface area (Å²) in [5.41, 5.74) is 5.48. The van der Waals surface area contributed by atoms with E-state index in [0.717, 1.165) is 30.0 Å². The number of halogens is 2. The van der Waals surface area contributed by atoms with Crippen molar-refractivity contribution in [3.05, 3.63) is 58.7 Å². The predicted molar refractivity (Wildman–Crippen MR) is 81.8 cm³/mol. The van der Waals surface area contributed by atoms with Gasteiger partial charge in [-0.05, 0) is 54.8 Å². The van der Waals surface area contributed by atoms with Gasteiger partial charge in [-0.2, -0.15) is 0 Å². The molecule has 21 heavy (non-hydrogen) atoms. The largest absolute Gasteiger partial charge is 0.382 e. The molecule has 0 aliphatic carbocycles. The fourth-order valence-electron chi connectivity index (χ4n) is 2.67. The van der Waals surface area contributed by atoms with E-state index in [1.165, 1.54) is 23.3 Å². The molecule has 2 aromatic rings. The molecule has 1 N–H and O–H groups in total. The van der Waals surface area contributed by atoms with Gasteiger partial charge in [0.15, 0.2) is 11.6 Å². The van der Waals surface area contributed by atoms with Gasteiger partial charge >= 0.3 is 0 Å². The molecule has 0 amide bonds. The first-order valence-corrected chi connectivity index (χ1v) is 7.08. The van der Waals surface area contributed by atoms with Crippen LogP contribution in [0.3, 0.4) is 0 Å². The molecular formula is C17H18F2N2. The Morgan fingerprint density at radius 2 is 1.81 bits per heavy atom. The molecule has 0 fully saturated rings. The minimum atomic E-state index is -0.800. The molecule has 2 nitrogen and oxygen atoms in total. The molecule has 0 saturated carbocycles. The van der Waals surface area contributed by atoms with Crippen molar-refractivity contribution in [3.63, 3.8) is 0 Å². The molecule has 0 atom stereocenters. The highest BCUT2D eigenvalue weighted by atomic mass is 19.2. The number of fused-ring (bicyclic) bond motifs is 1. The minimum absolute atomic E-state index is 0.578. The van der Waals surface area contributed by atoms with Crippen molar-refractivity contribution < 1.29 is 8.78 Å². The Morgan fingerprint density at radius 1 is 1.05 bits per heavy atom. The Kier molecular flexibility index (Phi) is 3.53. The Labute approximate surface area is 123 Å². The van der Waals surface area contributed by atoms with Crippen LogP contribution in [0, 0.1) is 25.5 Å². The van der Waals surface area contributed by atoms with Crippen LogP contribution in [0.15, 0.2) is 30.3 Å². The van der Waals surface area contributed by atoms with Gasteiger partial charge in [-0.25, -0.2) is 8.78 Å². The van der Waals surface area contributed by atoms with Crippen molar-refractivity contribution in [1.29, 1.82) is 0 Å². The molecule has 0 saturated heterocycles. The quantitative estimate of drug-likeness (QED) is 0.898. The molecule has 1 aliphatic heterocycles. The summed E-state index contributed by atoms with van der Waals surface area (Å²) in [6, 6.07) is 8.40. The van der Waals surface area contributed by atoms with Gasteiger partial charge in [-0.15, -0.1) is 0 Å². The fraction of sp³-hybridized carbons (Fsp3) is 0.294. The molecule has 110 valence electrons. The number of hydrogen-bond donors (Lipinski definition) is 1. The molecule has 1 aliphatic rings. The fourth-order valence-corrected chi connectivity index (χ4v) is 2.67. The lowest BCUT2D eigenvalue weighted by atomic mass is 10.0. The maximum Gasteiger partial charge on any atom is 0.159 e. The monoisotopic (exact) mass is 288 g/mol. The summed E-state index contributed by atoms with van der Waals surface area (Å²) in [7, 11) is 0. The molecule has 0 unspecified atom stereocenters. The van der Waals surface area contributed by atoms with Gasteiger partial charge < -0.3 is 10.2 Å². The van der Waals surface area contributed by atoms with Crippen LogP contribution in [0.1, 0.15) is 16.7 Å². The summed E-state index contributed by atoms with van der Waals surface area (Å²) in [6.45, 7) is 6.44. The van der Waals surface area contributed by atoms with Crippen molar-refractivity contribution in [1.82, 2.24) is 0 Å². The highest BCUT2D eigenvalue weighted by Crippen LogP contribution is 2.32. The smallest absolute Gasteiger partial charge is 0.159 e. The van der Waals surface area contributed by atoms with Gasteiger partial charge in [0, 0.05) is 19.6 Å². The highest BCUT2D eigenvalue weighted by molar-refractivity contribution is 5.74. The van der Waals surface area contributed by atoms with Crippen LogP contribution in [0.4, 0.5) is 20.2 Å². The van der Waals surface area contributed by atoms with Crippen molar-refractivity contribution in [2.24, 2.45) is 0 Å². The zero-order chi connectivity index (χ0) is 15.0. The number of nitrogens with zero attached hydrogens (tertiary/aromatic N) is 1. The number of aryl methyl sites for hydroxylation is 2. The highest BCUT2D eigenvalue weighted by Gasteiger charge is 2.18. The first kappa shape index (κ1) is 13.9. The molecule has 2 aromatic carbocycles. The topological polar surface area (TPSA) is 15.3 Å². The molecule has 0 spiro atoms. The Hall–Kier alpha value is -2.10. The Balaban J connectivity index is 1.91. The van der Waals surface area contributed by atoms with Gasteiger partial charge in [-0.1, -0.05) is 6.07 Å². The maximum atomic E-state index is 13.3. The van der Waals surface area contributed by atoms with Gasteiger partial charge in [0.05, 0.1) is 11.4 Å². The molecular weight excluding hydrogens is 270 g/mol. The minimum Gasteiger partial charge on any atom is -0.382 e. The van der Waals surface area contributed by atoms with Gasteiger partial charge in [0.2, 0.25) is 0 Å². The summed E-state index contributed by atoms with van der Waals surface area (Å²) in [5, 5.41) is 3.39. The third kappa shape index (κ3) is 2.71. The predicted octanol–water partition coefficient (Wildman–Crippen LogP) is 4.01. The van der Waals surface area contributed by atoms with Crippen molar-refractivity contribution >= 4 is 11.4 Å². The second-order valence-corrected chi connectivity index (χ2v) is 5.55. The zero-order valence-corrected chi connectivity index (χ0v) is 12.2. The summed E-state index contributed by atoms with van der Waals surface area (Å²) >= 11 is 0. The number of benzene rings is 2. The molecule has 0 radical (unpaired) electrons. The molecule has 0 bridgehead atoms. The van der Waals surface area contributed by atoms with E-state index in [1.54, 1.807) is 6.07 Å². The molecule has 1 heterocycles. The van der Waals surface area contributed by atoms with E-state index in [9.17, 15) is 8.78 Å². The van der Waals surface area contributed by atoms with Crippen LogP contribution in [-0.2, 0) is 6.54 Å². The molecule has 4 heteroatoms. The lowest BCUT2D eigenvalue weighted by Crippen LogP contribution is -2.33. The molecule has 0 aromatic heterocycles. The summed E-state index contributed by atoms with van der Waals surface area (Å²) in [4.78, 5) is 2.20. The summed E-state index contributed by atoms with van der Waals surface area (Å²) in [5.74, 6) is -1.59. The SMILES string of the molecule is Cc1cc2c(cc1C)N(Cc1ccc(F)c(F)c1)CCN2. The maximum absolute atomic E-state index is 13.3.